The smallest absolute Gasteiger partial charge is 0.387 e. The molecule has 2 aromatic rings. The molecule has 3 N–H and O–H groups in total. The number of nitrogens with one attached hydrogen (secondary N) is 2. The van der Waals surface area contributed by atoms with E-state index >= 15 is 0 Å². The third-order valence-corrected chi connectivity index (χ3v) is 7.11. The summed E-state index contributed by atoms with van der Waals surface area (Å²) in [5.41, 5.74) is 1.15. The fraction of sp³-hybridized carbons (Fsp3) is 0.455. The van der Waals surface area contributed by atoms with Crippen LogP contribution in [0.1, 0.15) is 30.1 Å². The lowest BCUT2D eigenvalue weighted by Crippen LogP contribution is -2.32. The molecule has 2 aliphatic rings. The Morgan fingerprint density at radius 3 is 2.51 bits per heavy atom. The summed E-state index contributed by atoms with van der Waals surface area (Å²) in [4.78, 5) is 15.6. The van der Waals surface area contributed by atoms with Crippen LogP contribution >= 0.6 is 48.5 Å². The van der Waals surface area contributed by atoms with Gasteiger partial charge in [-0.3, -0.25) is 5.32 Å². The number of halogens is 4. The molecular formula is C22H26Cl2F2N2O5S2. The topological polar surface area (TPSA) is 101 Å². The minimum atomic E-state index is -2.99. The lowest BCUT2D eigenvalue weighted by Gasteiger charge is -2.22. The first-order valence-corrected chi connectivity index (χ1v) is 12.3. The van der Waals surface area contributed by atoms with E-state index in [0.29, 0.717) is 40.2 Å². The molecule has 35 heavy (non-hydrogen) atoms. The Morgan fingerprint density at radius 2 is 1.91 bits per heavy atom. The molecule has 2 heterocycles. The van der Waals surface area contributed by atoms with Gasteiger partial charge in [0.25, 0.3) is 0 Å². The van der Waals surface area contributed by atoms with Crippen LogP contribution in [0.3, 0.4) is 0 Å². The van der Waals surface area contributed by atoms with Crippen molar-refractivity contribution in [1.29, 1.82) is 0 Å². The number of carbonyl (C=O) groups is 1. The average molecular weight is 571 g/mol. The normalized spacial score (nSPS) is 17.8. The molecule has 194 valence electrons. The number of rotatable bonds is 10. The van der Waals surface area contributed by atoms with E-state index in [2.05, 4.69) is 15.0 Å². The summed E-state index contributed by atoms with van der Waals surface area (Å²) in [5, 5.41) is 3.38. The number of carbonyl (C=O) groups excluding carboxylic acids is 1. The molecule has 4 rings (SSSR count). The molecule has 1 saturated carbocycles. The van der Waals surface area contributed by atoms with Gasteiger partial charge in [0.2, 0.25) is 0 Å². The summed E-state index contributed by atoms with van der Waals surface area (Å²) in [7, 11) is 0. The Bertz CT molecular complexity index is 978. The number of aromatic amines is 1. The van der Waals surface area contributed by atoms with Gasteiger partial charge in [-0.15, -0.1) is 11.8 Å². The van der Waals surface area contributed by atoms with Crippen LogP contribution < -0.4 is 19.8 Å². The van der Waals surface area contributed by atoms with Crippen LogP contribution in [0.5, 0.6) is 11.5 Å². The van der Waals surface area contributed by atoms with E-state index in [9.17, 15) is 13.6 Å². The lowest BCUT2D eigenvalue weighted by atomic mass is 10.0. The van der Waals surface area contributed by atoms with Gasteiger partial charge >= 0.3 is 12.6 Å². The number of thioether (sulfide) groups is 1. The Balaban J connectivity index is 0.00000216. The van der Waals surface area contributed by atoms with Gasteiger partial charge in [0.15, 0.2) is 29.3 Å². The number of ether oxygens (including phenoxy) is 3. The molecule has 1 aliphatic carbocycles. The molecule has 2 atom stereocenters. The first-order chi connectivity index (χ1) is 15.9. The van der Waals surface area contributed by atoms with Crippen molar-refractivity contribution in [2.24, 2.45) is 5.92 Å². The second-order valence-electron chi connectivity index (χ2n) is 7.80. The van der Waals surface area contributed by atoms with Crippen molar-refractivity contribution in [3.05, 3.63) is 51.8 Å². The predicted molar refractivity (Wildman–Crippen MR) is 133 cm³/mol. The van der Waals surface area contributed by atoms with Crippen LogP contribution in [0.2, 0.25) is 10.0 Å². The molecule has 0 amide bonds. The van der Waals surface area contributed by atoms with E-state index in [4.69, 9.17) is 32.7 Å². The van der Waals surface area contributed by atoms with Gasteiger partial charge < -0.3 is 19.7 Å². The van der Waals surface area contributed by atoms with Gasteiger partial charge in [0, 0.05) is 24.3 Å². The SMILES string of the molecule is O=C(O[C@@H](Cc1c(Cl)c[nH+]cc1Cl)c1ccc(OC(F)F)c(OCC2CC2)c1)C1NCCS1.S.[OH-]. The van der Waals surface area contributed by atoms with E-state index < -0.39 is 24.1 Å². The van der Waals surface area contributed by atoms with Crippen LogP contribution in [-0.4, -0.2) is 42.3 Å². The summed E-state index contributed by atoms with van der Waals surface area (Å²) in [6.45, 7) is -1.88. The Morgan fingerprint density at radius 1 is 1.20 bits per heavy atom. The van der Waals surface area contributed by atoms with Gasteiger partial charge in [0.05, 0.1) is 6.61 Å². The molecule has 1 unspecified atom stereocenters. The number of aromatic nitrogens is 1. The first kappa shape index (κ1) is 29.7. The van der Waals surface area contributed by atoms with Crippen LogP contribution in [0.4, 0.5) is 8.78 Å². The minimum Gasteiger partial charge on any atom is -0.870 e. The summed E-state index contributed by atoms with van der Waals surface area (Å²) in [6, 6.07) is 4.55. The standard InChI is InChI=1S/C22H22Cl2F2N2O4S.H2O.H2S/c23-15-9-27-10-16(24)14(15)8-18(31-21(29)20-28-5-6-33-20)13-3-4-17(32-22(25)26)19(7-13)30-11-12-1-2-12;;/h3-4,7,9-10,12,18,20,22,28H,1-2,5-6,8,11H2;2*1H2/t18-,20?;;/m0../s1. The molecule has 7 nitrogen and oxygen atoms in total. The number of H-pyrrole nitrogens is 1. The summed E-state index contributed by atoms with van der Waals surface area (Å²) in [5.74, 6) is 0.886. The highest BCUT2D eigenvalue weighted by Gasteiger charge is 2.30. The molecule has 0 spiro atoms. The third-order valence-electron chi connectivity index (χ3n) is 5.30. The minimum absolute atomic E-state index is 0. The molecule has 13 heteroatoms. The number of alkyl halides is 2. The highest BCUT2D eigenvalue weighted by atomic mass is 35.5. The van der Waals surface area contributed by atoms with Crippen LogP contribution in [0.25, 0.3) is 0 Å². The quantitative estimate of drug-likeness (QED) is 0.416. The van der Waals surface area contributed by atoms with Gasteiger partial charge in [-0.1, -0.05) is 29.3 Å². The molecule has 1 saturated heterocycles. The molecular weight excluding hydrogens is 545 g/mol. The molecule has 1 aromatic heterocycles. The second-order valence-corrected chi connectivity index (χ2v) is 9.83. The van der Waals surface area contributed by atoms with Crippen molar-refractivity contribution in [3.8, 4) is 11.5 Å². The van der Waals surface area contributed by atoms with Crippen LogP contribution in [0, 0.1) is 5.92 Å². The van der Waals surface area contributed by atoms with Crippen molar-refractivity contribution in [2.75, 3.05) is 18.9 Å². The van der Waals surface area contributed by atoms with Crippen molar-refractivity contribution in [2.45, 2.75) is 37.4 Å². The Hall–Kier alpha value is -1.50. The maximum absolute atomic E-state index is 12.9. The Labute approximate surface area is 222 Å². The summed E-state index contributed by atoms with van der Waals surface area (Å²) < 4.78 is 42.1. The van der Waals surface area contributed by atoms with E-state index in [1.807, 2.05) is 0 Å². The maximum Gasteiger partial charge on any atom is 0.387 e. The zero-order valence-electron chi connectivity index (χ0n) is 18.4. The van der Waals surface area contributed by atoms with Gasteiger partial charge in [-0.2, -0.15) is 22.3 Å². The first-order valence-electron chi connectivity index (χ1n) is 10.5. The third kappa shape index (κ3) is 8.26. The van der Waals surface area contributed by atoms with Crippen molar-refractivity contribution in [1.82, 2.24) is 5.32 Å². The molecule has 1 aliphatic heterocycles. The Kier molecular flexibility index (Phi) is 11.6. The van der Waals surface area contributed by atoms with Crippen LogP contribution in [-0.2, 0) is 16.0 Å². The highest BCUT2D eigenvalue weighted by Crippen LogP contribution is 2.38. The second kappa shape index (κ2) is 13.7. The van der Waals surface area contributed by atoms with Crippen LogP contribution in [0.15, 0.2) is 30.6 Å². The zero-order valence-corrected chi connectivity index (χ0v) is 21.8. The van der Waals surface area contributed by atoms with Crippen molar-refractivity contribution in [3.63, 3.8) is 0 Å². The van der Waals surface area contributed by atoms with Gasteiger partial charge in [-0.05, 0) is 36.5 Å². The van der Waals surface area contributed by atoms with Crippen molar-refractivity contribution < 1.29 is 38.2 Å². The van der Waals surface area contributed by atoms with E-state index in [0.717, 1.165) is 18.6 Å². The monoisotopic (exact) mass is 570 g/mol. The van der Waals surface area contributed by atoms with Gasteiger partial charge in [0.1, 0.15) is 16.1 Å². The predicted octanol–water partition coefficient (Wildman–Crippen LogP) is 4.62. The summed E-state index contributed by atoms with van der Waals surface area (Å²) in [6.07, 6.45) is 4.66. The average Bonchev–Trinajstić information content (AvgIpc) is 3.44. The molecule has 0 radical (unpaired) electrons. The van der Waals surface area contributed by atoms with Crippen molar-refractivity contribution >= 4 is 54.4 Å². The summed E-state index contributed by atoms with van der Waals surface area (Å²) >= 11 is 14.1. The number of hydrogen-bond donors (Lipinski definition) is 1. The van der Waals surface area contributed by atoms with E-state index in [1.165, 1.54) is 17.8 Å². The number of benzene rings is 1. The van der Waals surface area contributed by atoms with E-state index in [1.54, 1.807) is 24.5 Å². The number of hydrogen-bond acceptors (Lipinski definition) is 7. The number of esters is 1. The largest absolute Gasteiger partial charge is 0.870 e. The van der Waals surface area contributed by atoms with Gasteiger partial charge in [-0.25, -0.2) is 9.78 Å². The highest BCUT2D eigenvalue weighted by molar-refractivity contribution is 8.00. The zero-order chi connectivity index (χ0) is 23.4. The fourth-order valence-electron chi connectivity index (χ4n) is 3.39. The van der Waals surface area contributed by atoms with E-state index in [-0.39, 0.29) is 36.9 Å². The molecule has 0 bridgehead atoms. The maximum atomic E-state index is 12.9. The molecule has 1 aromatic carbocycles. The fourth-order valence-corrected chi connectivity index (χ4v) is 4.82. The number of pyridine rings is 1. The molecule has 2 fully saturated rings. The lowest BCUT2D eigenvalue weighted by molar-refractivity contribution is -0.377.